The minimum atomic E-state index is -0.257. The number of carbonyl (C=O) groups is 2. The lowest BCUT2D eigenvalue weighted by Crippen LogP contribution is -2.42. The molecule has 0 aromatic heterocycles. The largest absolute Gasteiger partial charge is 0.465 e. The van der Waals surface area contributed by atoms with Gasteiger partial charge in [0.25, 0.3) is 0 Å². The number of carbonyl (C=O) groups excluding carboxylic acids is 2. The van der Waals surface area contributed by atoms with Crippen LogP contribution in [0.4, 0.5) is 0 Å². The van der Waals surface area contributed by atoms with Crippen molar-refractivity contribution in [1.82, 2.24) is 0 Å². The van der Waals surface area contributed by atoms with Crippen molar-refractivity contribution < 1.29 is 14.3 Å². The lowest BCUT2D eigenvalue weighted by Gasteiger charge is -2.48. The van der Waals surface area contributed by atoms with Crippen molar-refractivity contribution >= 4 is 11.8 Å². The predicted octanol–water partition coefficient (Wildman–Crippen LogP) is 3.90. The van der Waals surface area contributed by atoms with Gasteiger partial charge in [-0.05, 0) is 73.1 Å². The van der Waals surface area contributed by atoms with E-state index in [0.29, 0.717) is 29.1 Å². The molecule has 4 unspecified atom stereocenters. The zero-order chi connectivity index (χ0) is 16.2. The molecule has 0 aliphatic heterocycles. The molecule has 3 nitrogen and oxygen atoms in total. The maximum absolute atomic E-state index is 12.4. The number of esters is 1. The van der Waals surface area contributed by atoms with Gasteiger partial charge in [0, 0.05) is 11.8 Å². The third-order valence-electron chi connectivity index (χ3n) is 6.86. The summed E-state index contributed by atoms with van der Waals surface area (Å²) in [5, 5.41) is 0. The van der Waals surface area contributed by atoms with E-state index in [0.717, 1.165) is 38.5 Å². The highest BCUT2D eigenvalue weighted by Crippen LogP contribution is 2.59. The minimum absolute atomic E-state index is 0.0649. The highest BCUT2D eigenvalue weighted by atomic mass is 16.5. The van der Waals surface area contributed by atoms with Gasteiger partial charge in [-0.3, -0.25) is 4.79 Å². The summed E-state index contributed by atoms with van der Waals surface area (Å²) in [6.45, 7) is 2.21. The fourth-order valence-corrected chi connectivity index (χ4v) is 5.60. The highest BCUT2D eigenvalue weighted by Gasteiger charge is 2.54. The zero-order valence-electron chi connectivity index (χ0n) is 13.9. The molecule has 0 N–H and O–H groups in total. The summed E-state index contributed by atoms with van der Waals surface area (Å²) in [7, 11) is 1.43. The molecule has 1 aromatic carbocycles. The van der Waals surface area contributed by atoms with Crippen molar-refractivity contribution in [3.8, 4) is 0 Å². The Balaban J connectivity index is 1.67. The number of hydrogen-bond acceptors (Lipinski definition) is 3. The number of hydrogen-bond donors (Lipinski definition) is 0. The summed E-state index contributed by atoms with van der Waals surface area (Å²) in [6.07, 6.45) is 6.15. The Morgan fingerprint density at radius 2 is 2.04 bits per heavy atom. The number of methoxy groups -OCH3 is 1. The van der Waals surface area contributed by atoms with Crippen molar-refractivity contribution in [2.75, 3.05) is 7.11 Å². The molecule has 1 aromatic rings. The average molecular weight is 312 g/mol. The van der Waals surface area contributed by atoms with Crippen LogP contribution in [0.15, 0.2) is 18.2 Å². The SMILES string of the molecule is COC(=O)c1ccc2c(c1)CCC1C2CCC2(C)C(=O)CCC12. The fraction of sp³-hybridized carbons (Fsp3) is 0.600. The number of aryl methyl sites for hydroxylation is 1. The normalized spacial score (nSPS) is 35.2. The van der Waals surface area contributed by atoms with Gasteiger partial charge in [0.1, 0.15) is 5.78 Å². The summed E-state index contributed by atoms with van der Waals surface area (Å²) in [6, 6.07) is 6.06. The minimum Gasteiger partial charge on any atom is -0.465 e. The number of ketones is 1. The van der Waals surface area contributed by atoms with Crippen LogP contribution in [0.2, 0.25) is 0 Å². The van der Waals surface area contributed by atoms with E-state index in [1.54, 1.807) is 0 Å². The lowest BCUT2D eigenvalue weighted by atomic mass is 9.55. The topological polar surface area (TPSA) is 43.4 Å². The van der Waals surface area contributed by atoms with Gasteiger partial charge in [0.05, 0.1) is 12.7 Å². The molecule has 2 fully saturated rings. The molecule has 4 atom stereocenters. The molecule has 0 heterocycles. The van der Waals surface area contributed by atoms with E-state index >= 15 is 0 Å². The number of ether oxygens (including phenoxy) is 1. The van der Waals surface area contributed by atoms with Gasteiger partial charge in [-0.25, -0.2) is 4.79 Å². The van der Waals surface area contributed by atoms with Crippen molar-refractivity contribution in [1.29, 1.82) is 0 Å². The first-order chi connectivity index (χ1) is 11.0. The van der Waals surface area contributed by atoms with Crippen LogP contribution in [0.1, 0.15) is 66.4 Å². The Hall–Kier alpha value is -1.64. The predicted molar refractivity (Wildman–Crippen MR) is 87.4 cm³/mol. The quantitative estimate of drug-likeness (QED) is 0.739. The third kappa shape index (κ3) is 2.09. The van der Waals surface area contributed by atoms with Gasteiger partial charge in [-0.15, -0.1) is 0 Å². The van der Waals surface area contributed by atoms with Gasteiger partial charge in [0.15, 0.2) is 0 Å². The van der Waals surface area contributed by atoms with Crippen LogP contribution in [-0.4, -0.2) is 18.9 Å². The molecule has 0 bridgehead atoms. The Morgan fingerprint density at radius 3 is 2.83 bits per heavy atom. The molecule has 0 radical (unpaired) electrons. The fourth-order valence-electron chi connectivity index (χ4n) is 5.60. The average Bonchev–Trinajstić information content (AvgIpc) is 2.88. The maximum Gasteiger partial charge on any atom is 0.337 e. The molecule has 122 valence electrons. The second-order valence-electron chi connectivity index (χ2n) is 7.74. The van der Waals surface area contributed by atoms with Crippen molar-refractivity contribution in [2.45, 2.75) is 51.4 Å². The molecular formula is C20H24O3. The van der Waals surface area contributed by atoms with Crippen LogP contribution in [0, 0.1) is 17.3 Å². The molecule has 0 amide bonds. The first kappa shape index (κ1) is 14.9. The Labute approximate surface area is 137 Å². The lowest BCUT2D eigenvalue weighted by molar-refractivity contribution is -0.129. The molecule has 3 heteroatoms. The van der Waals surface area contributed by atoms with Crippen LogP contribution in [0.5, 0.6) is 0 Å². The molecule has 0 spiro atoms. The second kappa shape index (κ2) is 5.19. The Morgan fingerprint density at radius 1 is 1.22 bits per heavy atom. The van der Waals surface area contributed by atoms with Crippen LogP contribution < -0.4 is 0 Å². The third-order valence-corrected chi connectivity index (χ3v) is 6.86. The summed E-state index contributed by atoms with van der Waals surface area (Å²) < 4.78 is 4.84. The van der Waals surface area contributed by atoms with E-state index in [1.165, 1.54) is 18.2 Å². The van der Waals surface area contributed by atoms with Gasteiger partial charge in [0.2, 0.25) is 0 Å². The summed E-state index contributed by atoms with van der Waals surface area (Å²) in [5.74, 6) is 1.99. The second-order valence-corrected chi connectivity index (χ2v) is 7.74. The maximum atomic E-state index is 12.4. The standard InChI is InChI=1S/C20H24O3/c1-20-10-9-15-14-5-4-13(19(22)23-2)11-12(14)3-6-16(15)17(20)7-8-18(20)21/h4-5,11,15-17H,3,6-10H2,1-2H3. The molecule has 23 heavy (non-hydrogen) atoms. The van der Waals surface area contributed by atoms with Crippen molar-refractivity contribution in [2.24, 2.45) is 17.3 Å². The van der Waals surface area contributed by atoms with Crippen LogP contribution >= 0.6 is 0 Å². The molecular weight excluding hydrogens is 288 g/mol. The van der Waals surface area contributed by atoms with Gasteiger partial charge < -0.3 is 4.74 Å². The molecule has 4 rings (SSSR count). The van der Waals surface area contributed by atoms with Gasteiger partial charge in [-0.1, -0.05) is 13.0 Å². The van der Waals surface area contributed by atoms with Gasteiger partial charge in [-0.2, -0.15) is 0 Å². The molecule has 2 saturated carbocycles. The Kier molecular flexibility index (Phi) is 3.36. The van der Waals surface area contributed by atoms with E-state index in [-0.39, 0.29) is 11.4 Å². The number of benzene rings is 1. The van der Waals surface area contributed by atoms with E-state index in [1.807, 2.05) is 12.1 Å². The summed E-state index contributed by atoms with van der Waals surface area (Å²) in [4.78, 5) is 24.1. The number of Topliss-reactive ketones (excluding diaryl/α,β-unsaturated/α-hetero) is 1. The van der Waals surface area contributed by atoms with E-state index < -0.39 is 0 Å². The Bertz CT molecular complexity index is 677. The molecule has 3 aliphatic rings. The first-order valence-corrected chi connectivity index (χ1v) is 8.79. The zero-order valence-corrected chi connectivity index (χ0v) is 13.9. The molecule has 0 saturated heterocycles. The van der Waals surface area contributed by atoms with Crippen LogP contribution in [0.3, 0.4) is 0 Å². The van der Waals surface area contributed by atoms with E-state index in [4.69, 9.17) is 4.74 Å². The van der Waals surface area contributed by atoms with Gasteiger partial charge >= 0.3 is 5.97 Å². The molecule has 3 aliphatic carbocycles. The summed E-state index contributed by atoms with van der Waals surface area (Å²) in [5.41, 5.74) is 3.31. The van der Waals surface area contributed by atoms with Crippen molar-refractivity contribution in [3.63, 3.8) is 0 Å². The number of rotatable bonds is 1. The smallest absolute Gasteiger partial charge is 0.337 e. The van der Waals surface area contributed by atoms with E-state index in [9.17, 15) is 9.59 Å². The monoisotopic (exact) mass is 312 g/mol. The first-order valence-electron chi connectivity index (χ1n) is 8.79. The van der Waals surface area contributed by atoms with E-state index in [2.05, 4.69) is 13.0 Å². The number of fused-ring (bicyclic) bond motifs is 5. The van der Waals surface area contributed by atoms with Crippen LogP contribution in [-0.2, 0) is 16.0 Å². The highest BCUT2D eigenvalue weighted by molar-refractivity contribution is 5.89. The summed E-state index contributed by atoms with van der Waals surface area (Å²) >= 11 is 0. The van der Waals surface area contributed by atoms with Crippen molar-refractivity contribution in [3.05, 3.63) is 34.9 Å². The van der Waals surface area contributed by atoms with Crippen LogP contribution in [0.25, 0.3) is 0 Å².